The summed E-state index contributed by atoms with van der Waals surface area (Å²) in [4.78, 5) is 15.3. The van der Waals surface area contributed by atoms with Crippen LogP contribution >= 0.6 is 0 Å². The van der Waals surface area contributed by atoms with Crippen molar-refractivity contribution in [2.75, 3.05) is 29.7 Å². The summed E-state index contributed by atoms with van der Waals surface area (Å²) in [6.07, 6.45) is 1.60. The average Bonchev–Trinajstić information content (AvgIpc) is 2.87. The number of amides is 1. The van der Waals surface area contributed by atoms with Gasteiger partial charge in [-0.3, -0.25) is 14.4 Å². The van der Waals surface area contributed by atoms with Crippen molar-refractivity contribution in [1.29, 1.82) is 0 Å². The first-order valence-electron chi connectivity index (χ1n) is 12.3. The summed E-state index contributed by atoms with van der Waals surface area (Å²) in [7, 11) is -3.75. The molecule has 1 amide bonds. The molecule has 0 atom stereocenters. The zero-order chi connectivity index (χ0) is 25.5. The number of carbonyl (C=O) groups is 1. The van der Waals surface area contributed by atoms with E-state index in [-0.39, 0.29) is 16.7 Å². The van der Waals surface area contributed by atoms with Crippen molar-refractivity contribution in [1.82, 2.24) is 4.90 Å². The number of likely N-dealkylation sites (tertiary alicyclic amines) is 1. The first-order valence-corrected chi connectivity index (χ1v) is 13.8. The van der Waals surface area contributed by atoms with Gasteiger partial charge in [0.2, 0.25) is 5.91 Å². The monoisotopic (exact) mass is 507 g/mol. The number of nitrogens with zero attached hydrogens (tertiary/aromatic N) is 1. The number of hydrogen-bond donors (Lipinski definition) is 2. The van der Waals surface area contributed by atoms with E-state index in [4.69, 9.17) is 4.74 Å². The lowest BCUT2D eigenvalue weighted by Gasteiger charge is -2.31. The third-order valence-electron chi connectivity index (χ3n) is 6.33. The molecule has 0 spiro atoms. The first-order chi connectivity index (χ1) is 17.3. The van der Waals surface area contributed by atoms with Crippen LogP contribution in [0.2, 0.25) is 0 Å². The minimum absolute atomic E-state index is 0.0203. The predicted octanol–water partition coefficient (Wildman–Crippen LogP) is 5.05. The summed E-state index contributed by atoms with van der Waals surface area (Å²) < 4.78 is 33.4. The van der Waals surface area contributed by atoms with Gasteiger partial charge in [0.25, 0.3) is 10.0 Å². The molecule has 0 unspecified atom stereocenters. The molecule has 0 aliphatic carbocycles. The standard InChI is InChI=1S/C28H33N3O4S/c1-3-35-26-12-8-25(9-13-26)30-36(33,34)27-14-10-24(11-15-27)29-28(32)23-16-18-31(19-17-23)20-22-6-4-21(2)5-7-22/h4-15,23,30H,3,16-20H2,1-2H3,(H,29,32). The van der Waals surface area contributed by atoms with E-state index < -0.39 is 10.0 Å². The normalized spacial score (nSPS) is 14.8. The molecular weight excluding hydrogens is 474 g/mol. The highest BCUT2D eigenvalue weighted by atomic mass is 32.2. The molecule has 0 radical (unpaired) electrons. The summed E-state index contributed by atoms with van der Waals surface area (Å²) in [5.74, 6) is 0.606. The van der Waals surface area contributed by atoms with Crippen LogP contribution < -0.4 is 14.8 Å². The number of sulfonamides is 1. The number of benzene rings is 3. The summed E-state index contributed by atoms with van der Waals surface area (Å²) in [5.41, 5.74) is 3.57. The zero-order valence-electron chi connectivity index (χ0n) is 20.7. The first kappa shape index (κ1) is 25.7. The molecule has 0 saturated carbocycles. The van der Waals surface area contributed by atoms with Crippen molar-refractivity contribution >= 4 is 27.3 Å². The molecule has 0 aromatic heterocycles. The second-order valence-corrected chi connectivity index (χ2v) is 10.8. The van der Waals surface area contributed by atoms with Crippen LogP contribution in [0, 0.1) is 12.8 Å². The van der Waals surface area contributed by atoms with Gasteiger partial charge in [-0.05, 0) is 93.9 Å². The summed E-state index contributed by atoms with van der Waals surface area (Å²) >= 11 is 0. The molecule has 3 aromatic rings. The van der Waals surface area contributed by atoms with Crippen LogP contribution in [-0.2, 0) is 21.4 Å². The third-order valence-corrected chi connectivity index (χ3v) is 7.73. The Hall–Kier alpha value is -3.36. The van der Waals surface area contributed by atoms with E-state index in [1.54, 1.807) is 36.4 Å². The number of ether oxygens (including phenoxy) is 1. The predicted molar refractivity (Wildman–Crippen MR) is 143 cm³/mol. The molecule has 8 heteroatoms. The van der Waals surface area contributed by atoms with Crippen LogP contribution in [0.5, 0.6) is 5.75 Å². The Morgan fingerprint density at radius 1 is 0.917 bits per heavy atom. The fourth-order valence-electron chi connectivity index (χ4n) is 4.27. The van der Waals surface area contributed by atoms with Gasteiger partial charge in [-0.2, -0.15) is 0 Å². The SMILES string of the molecule is CCOc1ccc(NS(=O)(=O)c2ccc(NC(=O)C3CCN(Cc4ccc(C)cc4)CC3)cc2)cc1. The Bertz CT molecular complexity index is 1250. The lowest BCUT2D eigenvalue weighted by atomic mass is 9.95. The van der Waals surface area contributed by atoms with Gasteiger partial charge in [0, 0.05) is 23.8 Å². The van der Waals surface area contributed by atoms with Gasteiger partial charge in [-0.1, -0.05) is 29.8 Å². The molecule has 0 bridgehead atoms. The van der Waals surface area contributed by atoms with Crippen molar-refractivity contribution in [2.24, 2.45) is 5.92 Å². The zero-order valence-corrected chi connectivity index (χ0v) is 21.6. The molecule has 1 fully saturated rings. The van der Waals surface area contributed by atoms with Crippen LogP contribution in [-0.4, -0.2) is 38.9 Å². The molecule has 1 aliphatic heterocycles. The molecule has 36 heavy (non-hydrogen) atoms. The fraction of sp³-hybridized carbons (Fsp3) is 0.321. The maximum absolute atomic E-state index is 12.8. The molecule has 1 heterocycles. The molecule has 7 nitrogen and oxygen atoms in total. The van der Waals surface area contributed by atoms with E-state index in [1.165, 1.54) is 23.3 Å². The van der Waals surface area contributed by atoms with Gasteiger partial charge in [0.15, 0.2) is 0 Å². The Labute approximate surface area is 213 Å². The van der Waals surface area contributed by atoms with Gasteiger partial charge in [0.1, 0.15) is 5.75 Å². The summed E-state index contributed by atoms with van der Waals surface area (Å²) in [6.45, 7) is 7.16. The van der Waals surface area contributed by atoms with Crippen molar-refractivity contribution in [3.63, 3.8) is 0 Å². The highest BCUT2D eigenvalue weighted by Gasteiger charge is 2.25. The highest BCUT2D eigenvalue weighted by molar-refractivity contribution is 7.92. The van der Waals surface area contributed by atoms with Crippen molar-refractivity contribution in [2.45, 2.75) is 38.1 Å². The van der Waals surface area contributed by atoms with E-state index in [9.17, 15) is 13.2 Å². The number of hydrogen-bond acceptors (Lipinski definition) is 5. The second-order valence-electron chi connectivity index (χ2n) is 9.11. The van der Waals surface area contributed by atoms with Gasteiger partial charge in [-0.15, -0.1) is 0 Å². The molecule has 1 aliphatic rings. The third kappa shape index (κ3) is 6.86. The molecule has 2 N–H and O–H groups in total. The van der Waals surface area contributed by atoms with E-state index in [0.29, 0.717) is 23.7 Å². The quantitative estimate of drug-likeness (QED) is 0.423. The molecular formula is C28H33N3O4S. The van der Waals surface area contributed by atoms with E-state index in [1.807, 2.05) is 6.92 Å². The smallest absolute Gasteiger partial charge is 0.261 e. The number of piperidine rings is 1. The fourth-order valence-corrected chi connectivity index (χ4v) is 5.33. The lowest BCUT2D eigenvalue weighted by Crippen LogP contribution is -2.37. The van der Waals surface area contributed by atoms with Gasteiger partial charge in [0.05, 0.1) is 11.5 Å². The van der Waals surface area contributed by atoms with Crippen LogP contribution in [0.15, 0.2) is 77.7 Å². The Morgan fingerprint density at radius 2 is 1.53 bits per heavy atom. The minimum Gasteiger partial charge on any atom is -0.494 e. The average molecular weight is 508 g/mol. The summed E-state index contributed by atoms with van der Waals surface area (Å²) in [6, 6.07) is 21.6. The molecule has 4 rings (SSSR count). The van der Waals surface area contributed by atoms with Crippen molar-refractivity contribution < 1.29 is 17.9 Å². The van der Waals surface area contributed by atoms with Crippen LogP contribution in [0.3, 0.4) is 0 Å². The van der Waals surface area contributed by atoms with E-state index >= 15 is 0 Å². The Kier molecular flexibility index (Phi) is 8.28. The van der Waals surface area contributed by atoms with Crippen LogP contribution in [0.1, 0.15) is 30.9 Å². The number of nitrogens with one attached hydrogen (secondary N) is 2. The maximum atomic E-state index is 12.8. The summed E-state index contributed by atoms with van der Waals surface area (Å²) in [5, 5.41) is 2.94. The highest BCUT2D eigenvalue weighted by Crippen LogP contribution is 2.23. The van der Waals surface area contributed by atoms with E-state index in [0.717, 1.165) is 32.5 Å². The minimum atomic E-state index is -3.75. The largest absolute Gasteiger partial charge is 0.494 e. The van der Waals surface area contributed by atoms with Gasteiger partial charge >= 0.3 is 0 Å². The number of anilines is 2. The van der Waals surface area contributed by atoms with Crippen LogP contribution in [0.25, 0.3) is 0 Å². The maximum Gasteiger partial charge on any atom is 0.261 e. The second kappa shape index (κ2) is 11.6. The van der Waals surface area contributed by atoms with Crippen LogP contribution in [0.4, 0.5) is 11.4 Å². The van der Waals surface area contributed by atoms with Crippen molar-refractivity contribution in [3.05, 3.63) is 83.9 Å². The lowest BCUT2D eigenvalue weighted by molar-refractivity contribution is -0.121. The Balaban J connectivity index is 1.28. The van der Waals surface area contributed by atoms with E-state index in [2.05, 4.69) is 46.1 Å². The van der Waals surface area contributed by atoms with Gasteiger partial charge < -0.3 is 10.1 Å². The topological polar surface area (TPSA) is 87.7 Å². The van der Waals surface area contributed by atoms with Gasteiger partial charge in [-0.25, -0.2) is 8.42 Å². The Morgan fingerprint density at radius 3 is 2.14 bits per heavy atom. The molecule has 190 valence electrons. The molecule has 3 aromatic carbocycles. The number of carbonyl (C=O) groups excluding carboxylic acids is 1. The van der Waals surface area contributed by atoms with Crippen molar-refractivity contribution in [3.8, 4) is 5.75 Å². The molecule has 1 saturated heterocycles. The number of aryl methyl sites for hydroxylation is 1. The number of rotatable bonds is 9.